The summed E-state index contributed by atoms with van der Waals surface area (Å²) in [6.07, 6.45) is 6.92. The molecule has 3 atom stereocenters. The van der Waals surface area contributed by atoms with Crippen molar-refractivity contribution < 1.29 is 9.47 Å². The molecule has 0 amide bonds. The number of rotatable bonds is 6. The van der Waals surface area contributed by atoms with Gasteiger partial charge in [-0.2, -0.15) is 0 Å². The molecule has 3 unspecified atom stereocenters. The lowest BCUT2D eigenvalue weighted by Gasteiger charge is -2.23. The van der Waals surface area contributed by atoms with Crippen molar-refractivity contribution in [2.24, 2.45) is 0 Å². The zero-order valence-corrected chi connectivity index (χ0v) is 17.3. The molecule has 5 aliphatic rings. The van der Waals surface area contributed by atoms with Gasteiger partial charge < -0.3 is 19.4 Å². The first-order valence-corrected chi connectivity index (χ1v) is 10.4. The minimum Gasteiger partial charge on any atom is -0.375 e. The molecule has 0 radical (unpaired) electrons. The first-order chi connectivity index (χ1) is 14.2. The lowest BCUT2D eigenvalue weighted by Crippen LogP contribution is -2.25. The van der Waals surface area contributed by atoms with E-state index in [2.05, 4.69) is 17.2 Å². The Bertz CT molecular complexity index is 878. The minimum absolute atomic E-state index is 0.289. The molecule has 154 valence electrons. The maximum Gasteiger partial charge on any atom is 0.165 e. The molecule has 1 saturated carbocycles. The van der Waals surface area contributed by atoms with Gasteiger partial charge in [-0.15, -0.1) is 0 Å². The highest BCUT2D eigenvalue weighted by Gasteiger charge is 2.36. The molecule has 29 heavy (non-hydrogen) atoms. The molecule has 0 spiro atoms. The number of anilines is 1. The molecular weight excluding hydrogens is 366 g/mol. The molecule has 7 nitrogen and oxygen atoms in total. The summed E-state index contributed by atoms with van der Waals surface area (Å²) in [5.74, 6) is 2.24. The van der Waals surface area contributed by atoms with Gasteiger partial charge in [-0.25, -0.2) is 15.0 Å². The Morgan fingerprint density at radius 2 is 1.90 bits per heavy atom. The number of nitrogens with zero attached hydrogens (tertiary/aromatic N) is 4. The number of methoxy groups -OCH3 is 1. The number of hydrogen-bond acceptors (Lipinski definition) is 6. The van der Waals surface area contributed by atoms with Crippen molar-refractivity contribution in [3.05, 3.63) is 48.0 Å². The van der Waals surface area contributed by atoms with Gasteiger partial charge >= 0.3 is 0 Å². The van der Waals surface area contributed by atoms with Crippen molar-refractivity contribution in [2.45, 2.75) is 58.0 Å². The molecule has 6 rings (SSSR count). The highest BCUT2D eigenvalue weighted by Crippen LogP contribution is 2.36. The summed E-state index contributed by atoms with van der Waals surface area (Å²) in [6.45, 7) is 5.67. The minimum atomic E-state index is -0.289. The van der Waals surface area contributed by atoms with E-state index in [4.69, 9.17) is 19.4 Å². The molecule has 1 aliphatic carbocycles. The van der Waals surface area contributed by atoms with E-state index in [1.807, 2.05) is 41.8 Å². The second-order valence-electron chi connectivity index (χ2n) is 7.38. The van der Waals surface area contributed by atoms with E-state index in [0.29, 0.717) is 18.0 Å². The van der Waals surface area contributed by atoms with Gasteiger partial charge in [0, 0.05) is 20.2 Å². The molecule has 2 saturated heterocycles. The number of hydrogen-bond donors (Lipinski definition) is 1. The van der Waals surface area contributed by atoms with Gasteiger partial charge in [0.05, 0.1) is 18.5 Å². The third kappa shape index (κ3) is 4.11. The summed E-state index contributed by atoms with van der Waals surface area (Å²) in [5, 5.41) is 3.24. The van der Waals surface area contributed by atoms with E-state index in [-0.39, 0.29) is 6.10 Å². The zero-order chi connectivity index (χ0) is 20.2. The van der Waals surface area contributed by atoms with Gasteiger partial charge in [0.15, 0.2) is 23.2 Å². The highest BCUT2D eigenvalue weighted by atomic mass is 16.5. The largest absolute Gasteiger partial charge is 0.375 e. The Hall–Kier alpha value is -2.51. The van der Waals surface area contributed by atoms with Crippen molar-refractivity contribution in [3.63, 3.8) is 0 Å². The monoisotopic (exact) mass is 395 g/mol. The second kappa shape index (κ2) is 8.88. The third-order valence-corrected chi connectivity index (χ3v) is 5.46. The fourth-order valence-corrected chi connectivity index (χ4v) is 3.92. The average Bonchev–Trinajstić information content (AvgIpc) is 3.47. The van der Waals surface area contributed by atoms with Gasteiger partial charge in [0.25, 0.3) is 0 Å². The number of ether oxygens (including phenoxy) is 2. The van der Waals surface area contributed by atoms with Crippen LogP contribution in [0.1, 0.15) is 50.6 Å². The van der Waals surface area contributed by atoms with Crippen LogP contribution in [-0.4, -0.2) is 45.4 Å². The van der Waals surface area contributed by atoms with Crippen LogP contribution in [0.3, 0.4) is 0 Å². The van der Waals surface area contributed by atoms with Gasteiger partial charge in [-0.05, 0) is 38.7 Å². The summed E-state index contributed by atoms with van der Waals surface area (Å²) < 4.78 is 12.9. The Balaban J connectivity index is 0.000000286. The number of imidazole rings is 1. The predicted molar refractivity (Wildman–Crippen MR) is 112 cm³/mol. The van der Waals surface area contributed by atoms with Crippen molar-refractivity contribution >= 4 is 5.82 Å². The van der Waals surface area contributed by atoms with Crippen molar-refractivity contribution in [1.29, 1.82) is 0 Å². The third-order valence-electron chi connectivity index (χ3n) is 5.46. The van der Waals surface area contributed by atoms with E-state index in [9.17, 15) is 0 Å². The summed E-state index contributed by atoms with van der Waals surface area (Å²) in [6, 6.07) is 10.00. The summed E-state index contributed by atoms with van der Waals surface area (Å²) in [4.78, 5) is 13.9. The first-order valence-electron chi connectivity index (χ1n) is 10.4. The lowest BCUT2D eigenvalue weighted by atomic mass is 10.1. The number of aromatic nitrogens is 4. The fraction of sp³-hybridized carbons (Fsp3) is 0.500. The first kappa shape index (κ1) is 19.8. The van der Waals surface area contributed by atoms with Crippen LogP contribution in [0.15, 0.2) is 36.7 Å². The van der Waals surface area contributed by atoms with Crippen LogP contribution in [0.4, 0.5) is 5.82 Å². The molecule has 3 fully saturated rings. The van der Waals surface area contributed by atoms with E-state index >= 15 is 0 Å². The smallest absolute Gasteiger partial charge is 0.165 e. The maximum absolute atomic E-state index is 5.65. The van der Waals surface area contributed by atoms with Crippen LogP contribution in [0.2, 0.25) is 0 Å². The van der Waals surface area contributed by atoms with Crippen LogP contribution < -0.4 is 5.32 Å². The van der Waals surface area contributed by atoms with Crippen molar-refractivity contribution in [2.75, 3.05) is 19.0 Å². The second-order valence-corrected chi connectivity index (χ2v) is 7.38. The molecule has 2 bridgehead atoms. The number of benzene rings is 1. The SMILES string of the molecule is C1CC2CC1O2.CCNc1ncn(CC)c2nc(C(OC)c3ccccc3)nc1-2. The Kier molecular flexibility index (Phi) is 6.06. The predicted octanol–water partition coefficient (Wildman–Crippen LogP) is 3.90. The Morgan fingerprint density at radius 3 is 2.45 bits per heavy atom. The van der Waals surface area contributed by atoms with E-state index in [1.54, 1.807) is 13.4 Å². The summed E-state index contributed by atoms with van der Waals surface area (Å²) >= 11 is 0. The number of aryl methyl sites for hydroxylation is 1. The normalized spacial score (nSPS) is 20.7. The number of fused-ring (bicyclic) bond motifs is 2. The quantitative estimate of drug-likeness (QED) is 0.682. The standard InChI is InChI=1S/C17H21N5O.C5H8O/c1-4-18-15-13-17(22(5-2)11-19-15)21-16(20-13)14(23-3)12-9-7-6-8-10-12;1-2-5-3-4(1)6-5/h6-11,14,18H,4-5H2,1-3H3;4-5H,1-3H2. The summed E-state index contributed by atoms with van der Waals surface area (Å²) in [5.41, 5.74) is 1.82. The van der Waals surface area contributed by atoms with Crippen LogP contribution in [-0.2, 0) is 16.0 Å². The van der Waals surface area contributed by atoms with Crippen LogP contribution in [0.25, 0.3) is 11.5 Å². The molecule has 4 heterocycles. The lowest BCUT2D eigenvalue weighted by molar-refractivity contribution is -0.0647. The maximum atomic E-state index is 5.65. The Morgan fingerprint density at radius 1 is 1.17 bits per heavy atom. The molecule has 1 aromatic carbocycles. The van der Waals surface area contributed by atoms with Gasteiger partial charge in [-0.3, -0.25) is 0 Å². The van der Waals surface area contributed by atoms with Gasteiger partial charge in [-0.1, -0.05) is 30.3 Å². The van der Waals surface area contributed by atoms with E-state index in [0.717, 1.165) is 36.0 Å². The molecule has 1 N–H and O–H groups in total. The summed E-state index contributed by atoms with van der Waals surface area (Å²) in [7, 11) is 1.68. The van der Waals surface area contributed by atoms with Gasteiger partial charge in [0.1, 0.15) is 6.10 Å². The molecule has 4 aliphatic heterocycles. The molecular formula is C22H29N5O2. The topological polar surface area (TPSA) is 74.1 Å². The van der Waals surface area contributed by atoms with Gasteiger partial charge in [0.2, 0.25) is 0 Å². The van der Waals surface area contributed by atoms with Crippen molar-refractivity contribution in [3.8, 4) is 11.5 Å². The van der Waals surface area contributed by atoms with Crippen LogP contribution in [0, 0.1) is 0 Å². The Labute approximate surface area is 171 Å². The van der Waals surface area contributed by atoms with E-state index in [1.165, 1.54) is 19.3 Å². The molecule has 1 aromatic rings. The van der Waals surface area contributed by atoms with Crippen LogP contribution >= 0.6 is 0 Å². The van der Waals surface area contributed by atoms with Crippen molar-refractivity contribution in [1.82, 2.24) is 19.5 Å². The molecule has 0 aromatic heterocycles. The molecule has 7 heteroatoms. The average molecular weight is 396 g/mol. The fourth-order valence-electron chi connectivity index (χ4n) is 3.92. The zero-order valence-electron chi connectivity index (χ0n) is 17.3. The van der Waals surface area contributed by atoms with Crippen LogP contribution in [0.5, 0.6) is 0 Å². The number of nitrogens with one attached hydrogen (secondary N) is 1. The van der Waals surface area contributed by atoms with E-state index < -0.39 is 0 Å². The highest BCUT2D eigenvalue weighted by molar-refractivity contribution is 5.67.